The van der Waals surface area contributed by atoms with Crippen molar-refractivity contribution in [3.63, 3.8) is 0 Å². The lowest BCUT2D eigenvalue weighted by molar-refractivity contribution is 0.451. The fourth-order valence-corrected chi connectivity index (χ4v) is 2.86. The van der Waals surface area contributed by atoms with Crippen LogP contribution in [0.1, 0.15) is 0 Å². The van der Waals surface area contributed by atoms with Gasteiger partial charge in [0.2, 0.25) is 5.88 Å². The highest BCUT2D eigenvalue weighted by atomic mass is 19.1. The van der Waals surface area contributed by atoms with Gasteiger partial charge in [-0.05, 0) is 36.4 Å². The third-order valence-electron chi connectivity index (χ3n) is 4.17. The molecule has 0 saturated heterocycles. The zero-order chi connectivity index (χ0) is 19.1. The third kappa shape index (κ3) is 2.77. The van der Waals surface area contributed by atoms with Gasteiger partial charge in [-0.15, -0.1) is 15.3 Å². The van der Waals surface area contributed by atoms with Crippen LogP contribution < -0.4 is 10.4 Å². The number of aromatic nitrogens is 4. The summed E-state index contributed by atoms with van der Waals surface area (Å²) in [5.41, 5.74) is 0.702. The van der Waals surface area contributed by atoms with Crippen LogP contribution in [0.25, 0.3) is 28.0 Å². The first kappa shape index (κ1) is 16.1. The first-order valence-corrected chi connectivity index (χ1v) is 8.36. The lowest BCUT2D eigenvalue weighted by Gasteiger charge is -2.06. The van der Waals surface area contributed by atoms with Crippen molar-refractivity contribution in [2.24, 2.45) is 0 Å². The van der Waals surface area contributed by atoms with Crippen molar-refractivity contribution in [3.8, 4) is 23.0 Å². The van der Waals surface area contributed by atoms with Crippen LogP contribution in [0.5, 0.6) is 11.6 Å². The molecule has 0 unspecified atom stereocenters. The van der Waals surface area contributed by atoms with E-state index in [9.17, 15) is 9.18 Å². The molecule has 5 rings (SSSR count). The van der Waals surface area contributed by atoms with E-state index in [1.54, 1.807) is 54.6 Å². The van der Waals surface area contributed by atoms with Gasteiger partial charge in [0.15, 0.2) is 11.5 Å². The summed E-state index contributed by atoms with van der Waals surface area (Å²) in [6, 6.07) is 17.7. The van der Waals surface area contributed by atoms with E-state index < -0.39 is 11.4 Å². The normalized spacial score (nSPS) is 11.2. The molecule has 0 saturated carbocycles. The maximum Gasteiger partial charge on any atom is 0.336 e. The molecular formula is C20H11FN4O3. The number of nitrogens with zero attached hydrogens (tertiary/aromatic N) is 4. The quantitative estimate of drug-likeness (QED) is 0.447. The summed E-state index contributed by atoms with van der Waals surface area (Å²) in [7, 11) is 0. The predicted molar refractivity (Wildman–Crippen MR) is 98.7 cm³/mol. The molecule has 0 amide bonds. The van der Waals surface area contributed by atoms with Crippen LogP contribution in [-0.2, 0) is 0 Å². The van der Waals surface area contributed by atoms with Crippen molar-refractivity contribution in [2.45, 2.75) is 0 Å². The summed E-state index contributed by atoms with van der Waals surface area (Å²) in [5, 5.41) is 13.2. The maximum absolute atomic E-state index is 14.1. The minimum absolute atomic E-state index is 0.252. The first-order valence-electron chi connectivity index (χ1n) is 8.36. The Morgan fingerprint density at radius 3 is 2.71 bits per heavy atom. The molecule has 0 N–H and O–H groups in total. The molecule has 136 valence electrons. The number of hydrogen-bond donors (Lipinski definition) is 0. The van der Waals surface area contributed by atoms with Gasteiger partial charge in [0.05, 0.1) is 5.56 Å². The van der Waals surface area contributed by atoms with Crippen LogP contribution in [0.15, 0.2) is 75.9 Å². The summed E-state index contributed by atoms with van der Waals surface area (Å²) >= 11 is 0. The summed E-state index contributed by atoms with van der Waals surface area (Å²) < 4.78 is 26.5. The molecule has 0 aliphatic heterocycles. The average Bonchev–Trinajstić information content (AvgIpc) is 3.11. The smallest absolute Gasteiger partial charge is 0.336 e. The standard InChI is InChI=1S/C20H11FN4O3/c21-15-4-2-1-3-14(15)20-23-22-17-8-9-18(24-25(17)20)27-13-7-5-12-6-10-19(26)28-16(12)11-13/h1-11H. The van der Waals surface area contributed by atoms with E-state index in [-0.39, 0.29) is 17.3 Å². The van der Waals surface area contributed by atoms with E-state index >= 15 is 0 Å². The Hall–Kier alpha value is -4.07. The molecule has 0 aliphatic carbocycles. The molecule has 28 heavy (non-hydrogen) atoms. The molecule has 0 aliphatic rings. The van der Waals surface area contributed by atoms with E-state index in [2.05, 4.69) is 15.3 Å². The number of ether oxygens (including phenoxy) is 1. The summed E-state index contributed by atoms with van der Waals surface area (Å²) in [6.07, 6.45) is 0. The molecule has 0 fully saturated rings. The van der Waals surface area contributed by atoms with E-state index in [0.29, 0.717) is 17.0 Å². The summed E-state index contributed by atoms with van der Waals surface area (Å²) in [6.45, 7) is 0. The Labute approximate surface area is 156 Å². The maximum atomic E-state index is 14.1. The fourth-order valence-electron chi connectivity index (χ4n) is 2.86. The Balaban J connectivity index is 1.56. The van der Waals surface area contributed by atoms with E-state index in [1.165, 1.54) is 16.6 Å². The van der Waals surface area contributed by atoms with Crippen molar-refractivity contribution in [1.29, 1.82) is 0 Å². The second-order valence-corrected chi connectivity index (χ2v) is 6.00. The minimum atomic E-state index is -0.441. The molecule has 3 aromatic heterocycles. The van der Waals surface area contributed by atoms with Crippen molar-refractivity contribution < 1.29 is 13.5 Å². The Morgan fingerprint density at radius 1 is 0.964 bits per heavy atom. The number of halogens is 1. The van der Waals surface area contributed by atoms with E-state index in [1.807, 2.05) is 0 Å². The molecule has 3 heterocycles. The van der Waals surface area contributed by atoms with Gasteiger partial charge in [-0.2, -0.15) is 4.52 Å². The van der Waals surface area contributed by atoms with E-state index in [4.69, 9.17) is 9.15 Å². The van der Waals surface area contributed by atoms with Crippen LogP contribution >= 0.6 is 0 Å². The van der Waals surface area contributed by atoms with Crippen LogP contribution in [0.3, 0.4) is 0 Å². The number of fused-ring (bicyclic) bond motifs is 2. The van der Waals surface area contributed by atoms with Gasteiger partial charge in [0.25, 0.3) is 0 Å². The number of rotatable bonds is 3. The molecular weight excluding hydrogens is 363 g/mol. The van der Waals surface area contributed by atoms with E-state index in [0.717, 1.165) is 5.39 Å². The highest BCUT2D eigenvalue weighted by Gasteiger charge is 2.14. The third-order valence-corrected chi connectivity index (χ3v) is 4.17. The van der Waals surface area contributed by atoms with Crippen LogP contribution in [0.2, 0.25) is 0 Å². The average molecular weight is 374 g/mol. The predicted octanol–water partition coefficient (Wildman–Crippen LogP) is 3.83. The highest BCUT2D eigenvalue weighted by molar-refractivity contribution is 5.77. The van der Waals surface area contributed by atoms with Crippen molar-refractivity contribution in [3.05, 3.63) is 83.0 Å². The topological polar surface area (TPSA) is 82.5 Å². The number of benzene rings is 2. The molecule has 8 heteroatoms. The largest absolute Gasteiger partial charge is 0.437 e. The second-order valence-electron chi connectivity index (χ2n) is 6.00. The lowest BCUT2D eigenvalue weighted by Crippen LogP contribution is -1.99. The number of hydrogen-bond acceptors (Lipinski definition) is 6. The molecule has 7 nitrogen and oxygen atoms in total. The van der Waals surface area contributed by atoms with Gasteiger partial charge in [-0.25, -0.2) is 9.18 Å². The molecule has 0 atom stereocenters. The molecule has 0 bridgehead atoms. The molecule has 2 aromatic carbocycles. The van der Waals surface area contributed by atoms with Crippen LogP contribution in [0, 0.1) is 5.82 Å². The Morgan fingerprint density at radius 2 is 1.82 bits per heavy atom. The summed E-state index contributed by atoms with van der Waals surface area (Å²) in [4.78, 5) is 11.4. The molecule has 0 radical (unpaired) electrons. The highest BCUT2D eigenvalue weighted by Crippen LogP contribution is 2.26. The van der Waals surface area contributed by atoms with Crippen LogP contribution in [-0.4, -0.2) is 19.8 Å². The van der Waals surface area contributed by atoms with Gasteiger partial charge in [-0.1, -0.05) is 12.1 Å². The van der Waals surface area contributed by atoms with Gasteiger partial charge in [0, 0.05) is 23.6 Å². The zero-order valence-electron chi connectivity index (χ0n) is 14.2. The Kier molecular flexibility index (Phi) is 3.61. The molecule has 0 spiro atoms. The van der Waals surface area contributed by atoms with Crippen LogP contribution in [0.4, 0.5) is 4.39 Å². The van der Waals surface area contributed by atoms with Crippen molar-refractivity contribution in [1.82, 2.24) is 19.8 Å². The minimum Gasteiger partial charge on any atom is -0.437 e. The fraction of sp³-hybridized carbons (Fsp3) is 0. The monoisotopic (exact) mass is 374 g/mol. The second kappa shape index (κ2) is 6.27. The van der Waals surface area contributed by atoms with Crippen molar-refractivity contribution in [2.75, 3.05) is 0 Å². The van der Waals surface area contributed by atoms with Crippen molar-refractivity contribution >= 4 is 16.6 Å². The SMILES string of the molecule is O=c1ccc2ccc(Oc3ccc4nnc(-c5ccccc5F)n4n3)cc2o1. The van der Waals surface area contributed by atoms with Gasteiger partial charge in [-0.3, -0.25) is 0 Å². The van der Waals surface area contributed by atoms with Gasteiger partial charge < -0.3 is 9.15 Å². The molecule has 5 aromatic rings. The lowest BCUT2D eigenvalue weighted by atomic mass is 10.2. The van der Waals surface area contributed by atoms with Gasteiger partial charge >= 0.3 is 5.63 Å². The first-order chi connectivity index (χ1) is 13.7. The summed E-state index contributed by atoms with van der Waals surface area (Å²) in [5.74, 6) is 0.536. The van der Waals surface area contributed by atoms with Gasteiger partial charge in [0.1, 0.15) is 17.1 Å². The Bertz CT molecular complexity index is 1390. The zero-order valence-corrected chi connectivity index (χ0v) is 14.2.